The summed E-state index contributed by atoms with van der Waals surface area (Å²) in [4.78, 5) is 14.7. The maximum atomic E-state index is 13.0. The summed E-state index contributed by atoms with van der Waals surface area (Å²) in [5.41, 5.74) is 2.98. The van der Waals surface area contributed by atoms with Gasteiger partial charge in [-0.3, -0.25) is 4.79 Å². The van der Waals surface area contributed by atoms with Crippen molar-refractivity contribution in [1.29, 1.82) is 0 Å². The van der Waals surface area contributed by atoms with Crippen LogP contribution in [0.4, 0.5) is 10.1 Å². The van der Waals surface area contributed by atoms with E-state index in [-0.39, 0.29) is 23.3 Å². The van der Waals surface area contributed by atoms with Crippen LogP contribution in [-0.4, -0.2) is 29.2 Å². The third-order valence-electron chi connectivity index (χ3n) is 5.10. The molecule has 31 heavy (non-hydrogen) atoms. The zero-order valence-electron chi connectivity index (χ0n) is 16.9. The molecule has 0 unspecified atom stereocenters. The number of benzene rings is 2. The molecule has 1 amide bonds. The molecule has 0 atom stereocenters. The minimum absolute atomic E-state index is 0.226. The number of halogens is 2. The highest BCUT2D eigenvalue weighted by atomic mass is 35.5. The van der Waals surface area contributed by atoms with Crippen molar-refractivity contribution >= 4 is 45.6 Å². The Bertz CT molecular complexity index is 1060. The number of piperidine rings is 1. The molecule has 0 spiro atoms. The van der Waals surface area contributed by atoms with Gasteiger partial charge in [-0.05, 0) is 60.7 Å². The molecule has 0 bridgehead atoms. The van der Waals surface area contributed by atoms with E-state index < -0.39 is 0 Å². The number of carbonyl (C=O) groups excluding carboxylic acids is 1. The highest BCUT2D eigenvalue weighted by Gasteiger charge is 2.15. The van der Waals surface area contributed by atoms with Gasteiger partial charge in [0.15, 0.2) is 5.01 Å². The van der Waals surface area contributed by atoms with Crippen molar-refractivity contribution in [1.82, 2.24) is 15.5 Å². The number of anilines is 1. The lowest BCUT2D eigenvalue weighted by atomic mass is 10.1. The van der Waals surface area contributed by atoms with Crippen LogP contribution in [0.25, 0.3) is 11.1 Å². The van der Waals surface area contributed by atoms with Crippen molar-refractivity contribution < 1.29 is 9.18 Å². The summed E-state index contributed by atoms with van der Waals surface area (Å²) in [6.07, 6.45) is 5.61. The second kappa shape index (κ2) is 10.0. The number of amides is 1. The van der Waals surface area contributed by atoms with E-state index in [1.165, 1.54) is 37.1 Å². The fourth-order valence-corrected chi connectivity index (χ4v) is 4.36. The van der Waals surface area contributed by atoms with Gasteiger partial charge in [-0.25, -0.2) is 4.39 Å². The number of aromatic nitrogens is 2. The first-order valence-corrected chi connectivity index (χ1v) is 11.4. The van der Waals surface area contributed by atoms with Crippen LogP contribution in [0.5, 0.6) is 0 Å². The van der Waals surface area contributed by atoms with Crippen molar-refractivity contribution in [3.63, 3.8) is 0 Å². The smallest absolute Gasteiger partial charge is 0.282 e. The van der Waals surface area contributed by atoms with Gasteiger partial charge >= 0.3 is 0 Å². The second-order valence-corrected chi connectivity index (χ2v) is 8.74. The Morgan fingerprint density at radius 3 is 2.42 bits per heavy atom. The maximum Gasteiger partial charge on any atom is 0.282 e. The highest BCUT2D eigenvalue weighted by Crippen LogP contribution is 2.27. The number of nitrogens with one attached hydrogen (secondary N) is 1. The van der Waals surface area contributed by atoms with Crippen LogP contribution < -0.4 is 10.2 Å². The summed E-state index contributed by atoms with van der Waals surface area (Å²) in [5.74, 6) is -0.658. The fraction of sp³-hybridized carbons (Fsp3) is 0.261. The summed E-state index contributed by atoms with van der Waals surface area (Å²) in [6.45, 7) is 2.49. The Morgan fingerprint density at radius 1 is 1.03 bits per heavy atom. The third-order valence-corrected chi connectivity index (χ3v) is 6.45. The monoisotopic (exact) mass is 456 g/mol. The minimum atomic E-state index is -0.344. The average molecular weight is 457 g/mol. The SMILES string of the molecule is O=C(NCc1ccc(F)cc1)c1nnc(/C(Cl)=C/c2ccc(N3CCCCC3)cc2)s1. The van der Waals surface area contributed by atoms with E-state index >= 15 is 0 Å². The Morgan fingerprint density at radius 2 is 1.71 bits per heavy atom. The van der Waals surface area contributed by atoms with Gasteiger partial charge in [-0.15, -0.1) is 10.2 Å². The van der Waals surface area contributed by atoms with Crippen LogP contribution in [0.3, 0.4) is 0 Å². The summed E-state index contributed by atoms with van der Waals surface area (Å²) in [5, 5.41) is 11.9. The van der Waals surface area contributed by atoms with Gasteiger partial charge < -0.3 is 10.2 Å². The van der Waals surface area contributed by atoms with Crippen LogP contribution in [0.1, 0.15) is 45.2 Å². The van der Waals surface area contributed by atoms with Crippen molar-refractivity contribution in [3.8, 4) is 0 Å². The fourth-order valence-electron chi connectivity index (χ4n) is 3.41. The molecule has 160 valence electrons. The lowest BCUT2D eigenvalue weighted by Gasteiger charge is -2.28. The van der Waals surface area contributed by atoms with Gasteiger partial charge in [0, 0.05) is 25.3 Å². The lowest BCUT2D eigenvalue weighted by Crippen LogP contribution is -2.29. The molecular weight excluding hydrogens is 435 g/mol. The molecule has 0 saturated carbocycles. The van der Waals surface area contributed by atoms with Crippen molar-refractivity contribution in [3.05, 3.63) is 75.5 Å². The standard InChI is InChI=1S/C23H22ClFN4OS/c24-20(14-16-6-10-19(11-7-16)29-12-2-1-3-13-29)22-27-28-23(31-22)21(30)26-15-17-4-8-18(25)9-5-17/h4-11,14H,1-3,12-13,15H2,(H,26,30)/b20-14-. The zero-order chi connectivity index (χ0) is 21.6. The Hall–Kier alpha value is -2.77. The number of hydrogen-bond donors (Lipinski definition) is 1. The van der Waals surface area contributed by atoms with E-state index in [0.717, 1.165) is 35.6 Å². The average Bonchev–Trinajstić information content (AvgIpc) is 3.30. The topological polar surface area (TPSA) is 58.1 Å². The van der Waals surface area contributed by atoms with Gasteiger partial charge in [-0.2, -0.15) is 0 Å². The van der Waals surface area contributed by atoms with Gasteiger partial charge in [0.25, 0.3) is 5.91 Å². The molecule has 0 aliphatic carbocycles. The quantitative estimate of drug-likeness (QED) is 0.544. The van der Waals surface area contributed by atoms with Crippen molar-refractivity contribution in [2.45, 2.75) is 25.8 Å². The molecule has 2 heterocycles. The molecule has 8 heteroatoms. The number of hydrogen-bond acceptors (Lipinski definition) is 5. The summed E-state index contributed by atoms with van der Waals surface area (Å²) < 4.78 is 13.0. The van der Waals surface area contributed by atoms with Crippen LogP contribution in [0.15, 0.2) is 48.5 Å². The van der Waals surface area contributed by atoms with Crippen molar-refractivity contribution in [2.24, 2.45) is 0 Å². The van der Waals surface area contributed by atoms with E-state index in [1.54, 1.807) is 12.1 Å². The van der Waals surface area contributed by atoms with Gasteiger partial charge in [0.05, 0.1) is 5.03 Å². The Labute approximate surface area is 189 Å². The first-order valence-electron chi connectivity index (χ1n) is 10.2. The highest BCUT2D eigenvalue weighted by molar-refractivity contribution is 7.15. The minimum Gasteiger partial charge on any atom is -0.372 e. The van der Waals surface area contributed by atoms with E-state index in [4.69, 9.17) is 11.6 Å². The summed E-state index contributed by atoms with van der Waals surface area (Å²) in [6, 6.07) is 14.2. The van der Waals surface area contributed by atoms with Crippen LogP contribution in [0, 0.1) is 5.82 Å². The zero-order valence-corrected chi connectivity index (χ0v) is 18.4. The van der Waals surface area contributed by atoms with Crippen LogP contribution >= 0.6 is 22.9 Å². The number of nitrogens with zero attached hydrogens (tertiary/aromatic N) is 3. The van der Waals surface area contributed by atoms with E-state index in [9.17, 15) is 9.18 Å². The molecule has 1 aliphatic heterocycles. The van der Waals surface area contributed by atoms with Gasteiger partial charge in [0.2, 0.25) is 5.01 Å². The van der Waals surface area contributed by atoms with Crippen LogP contribution in [0.2, 0.25) is 0 Å². The predicted molar refractivity (Wildman–Crippen MR) is 124 cm³/mol. The largest absolute Gasteiger partial charge is 0.372 e. The molecular formula is C23H22ClFN4OS. The Balaban J connectivity index is 1.37. The van der Waals surface area contributed by atoms with Crippen molar-refractivity contribution in [2.75, 3.05) is 18.0 Å². The molecule has 1 aliphatic rings. The van der Waals surface area contributed by atoms with E-state index in [2.05, 4.69) is 32.5 Å². The maximum absolute atomic E-state index is 13.0. The van der Waals surface area contributed by atoms with E-state index in [1.807, 2.05) is 18.2 Å². The molecule has 1 aromatic heterocycles. The lowest BCUT2D eigenvalue weighted by molar-refractivity contribution is 0.0950. The third kappa shape index (κ3) is 5.68. The summed E-state index contributed by atoms with van der Waals surface area (Å²) >= 11 is 7.56. The second-order valence-electron chi connectivity index (χ2n) is 7.35. The van der Waals surface area contributed by atoms with Gasteiger partial charge in [-0.1, -0.05) is 47.2 Å². The molecule has 4 rings (SSSR count). The Kier molecular flexibility index (Phi) is 6.94. The molecule has 1 saturated heterocycles. The normalized spacial score (nSPS) is 14.5. The first kappa shape index (κ1) is 21.5. The first-order chi connectivity index (χ1) is 15.1. The van der Waals surface area contributed by atoms with Crippen LogP contribution in [-0.2, 0) is 6.54 Å². The van der Waals surface area contributed by atoms with Gasteiger partial charge in [0.1, 0.15) is 5.82 Å². The molecule has 5 nitrogen and oxygen atoms in total. The van der Waals surface area contributed by atoms with E-state index in [0.29, 0.717) is 10.0 Å². The molecule has 2 aromatic carbocycles. The molecule has 1 fully saturated rings. The number of rotatable bonds is 6. The molecule has 0 radical (unpaired) electrons. The molecule has 3 aromatic rings. The number of carbonyl (C=O) groups is 1. The summed E-state index contributed by atoms with van der Waals surface area (Å²) in [7, 11) is 0. The molecule has 1 N–H and O–H groups in total. The predicted octanol–water partition coefficient (Wildman–Crippen LogP) is 5.33.